The molecule has 0 amide bonds. The zero-order valence-corrected chi connectivity index (χ0v) is 12.5. The SMILES string of the molecule is COCCS(=O)(=O)NCCc1ccc(N(C)C)cc1. The Morgan fingerprint density at radius 1 is 1.21 bits per heavy atom. The third-order valence-electron chi connectivity index (χ3n) is 2.74. The molecule has 1 aromatic rings. The minimum atomic E-state index is -3.22. The maximum Gasteiger partial charge on any atom is 0.213 e. The minimum absolute atomic E-state index is 0.00304. The number of nitrogens with zero attached hydrogens (tertiary/aromatic N) is 1. The molecule has 0 fully saturated rings. The molecule has 0 aliphatic carbocycles. The minimum Gasteiger partial charge on any atom is -0.384 e. The molecule has 0 aromatic heterocycles. The Balaban J connectivity index is 2.41. The summed E-state index contributed by atoms with van der Waals surface area (Å²) >= 11 is 0. The van der Waals surface area contributed by atoms with Crippen molar-refractivity contribution in [1.82, 2.24) is 4.72 Å². The Morgan fingerprint density at radius 3 is 2.37 bits per heavy atom. The molecule has 0 spiro atoms. The molecule has 19 heavy (non-hydrogen) atoms. The van der Waals surface area contributed by atoms with Gasteiger partial charge in [-0.25, -0.2) is 13.1 Å². The van der Waals surface area contributed by atoms with E-state index in [-0.39, 0.29) is 12.4 Å². The summed E-state index contributed by atoms with van der Waals surface area (Å²) in [7, 11) is 2.24. The largest absolute Gasteiger partial charge is 0.384 e. The zero-order chi connectivity index (χ0) is 14.3. The topological polar surface area (TPSA) is 58.6 Å². The molecule has 0 radical (unpaired) electrons. The highest BCUT2D eigenvalue weighted by molar-refractivity contribution is 7.89. The van der Waals surface area contributed by atoms with E-state index in [2.05, 4.69) is 4.72 Å². The molecule has 0 unspecified atom stereocenters. The van der Waals surface area contributed by atoms with Crippen LogP contribution in [0.25, 0.3) is 0 Å². The van der Waals surface area contributed by atoms with Crippen LogP contribution in [-0.4, -0.2) is 48.5 Å². The fourth-order valence-corrected chi connectivity index (χ4v) is 2.52. The van der Waals surface area contributed by atoms with Gasteiger partial charge < -0.3 is 9.64 Å². The number of sulfonamides is 1. The smallest absolute Gasteiger partial charge is 0.213 e. The Bertz CT molecular complexity index is 469. The van der Waals surface area contributed by atoms with Crippen LogP contribution in [0.5, 0.6) is 0 Å². The van der Waals surface area contributed by atoms with Gasteiger partial charge in [0.25, 0.3) is 0 Å². The first-order chi connectivity index (χ1) is 8.94. The molecule has 5 nitrogen and oxygen atoms in total. The van der Waals surface area contributed by atoms with Crippen LogP contribution in [0.2, 0.25) is 0 Å². The van der Waals surface area contributed by atoms with E-state index < -0.39 is 10.0 Å². The second kappa shape index (κ2) is 7.47. The fraction of sp³-hybridized carbons (Fsp3) is 0.538. The van der Waals surface area contributed by atoms with Gasteiger partial charge >= 0.3 is 0 Å². The lowest BCUT2D eigenvalue weighted by Crippen LogP contribution is -2.30. The number of hydrogen-bond acceptors (Lipinski definition) is 4. The lowest BCUT2D eigenvalue weighted by molar-refractivity contribution is 0.217. The van der Waals surface area contributed by atoms with E-state index in [0.29, 0.717) is 13.0 Å². The van der Waals surface area contributed by atoms with E-state index in [0.717, 1.165) is 11.3 Å². The van der Waals surface area contributed by atoms with Crippen LogP contribution >= 0.6 is 0 Å². The normalized spacial score (nSPS) is 11.5. The first kappa shape index (κ1) is 15.9. The highest BCUT2D eigenvalue weighted by Gasteiger charge is 2.08. The second-order valence-electron chi connectivity index (χ2n) is 4.52. The lowest BCUT2D eigenvalue weighted by atomic mass is 10.1. The Morgan fingerprint density at radius 2 is 1.84 bits per heavy atom. The van der Waals surface area contributed by atoms with Crippen LogP contribution in [0.3, 0.4) is 0 Å². The van der Waals surface area contributed by atoms with Gasteiger partial charge in [-0.05, 0) is 24.1 Å². The number of methoxy groups -OCH3 is 1. The van der Waals surface area contributed by atoms with Crippen LogP contribution in [0.15, 0.2) is 24.3 Å². The van der Waals surface area contributed by atoms with E-state index in [1.54, 1.807) is 0 Å². The molecule has 1 N–H and O–H groups in total. The van der Waals surface area contributed by atoms with Crippen LogP contribution < -0.4 is 9.62 Å². The summed E-state index contributed by atoms with van der Waals surface area (Å²) in [5.74, 6) is 0.00304. The van der Waals surface area contributed by atoms with Crippen LogP contribution in [-0.2, 0) is 21.2 Å². The Kier molecular flexibility index (Phi) is 6.27. The average Bonchev–Trinajstić information content (AvgIpc) is 2.37. The van der Waals surface area contributed by atoms with Crippen molar-refractivity contribution in [3.05, 3.63) is 29.8 Å². The molecule has 0 aliphatic heterocycles. The van der Waals surface area contributed by atoms with Gasteiger partial charge in [-0.1, -0.05) is 12.1 Å². The second-order valence-corrected chi connectivity index (χ2v) is 6.44. The Hall–Kier alpha value is -1.11. The van der Waals surface area contributed by atoms with E-state index in [4.69, 9.17) is 4.74 Å². The fourth-order valence-electron chi connectivity index (χ4n) is 1.58. The number of rotatable bonds is 8. The molecule has 0 saturated heterocycles. The number of nitrogens with one attached hydrogen (secondary N) is 1. The van der Waals surface area contributed by atoms with Crippen LogP contribution in [0.4, 0.5) is 5.69 Å². The van der Waals surface area contributed by atoms with Crippen LogP contribution in [0.1, 0.15) is 5.56 Å². The van der Waals surface area contributed by atoms with Crippen molar-refractivity contribution in [3.63, 3.8) is 0 Å². The van der Waals surface area contributed by atoms with Gasteiger partial charge in [0.05, 0.1) is 12.4 Å². The first-order valence-corrected chi connectivity index (χ1v) is 7.82. The van der Waals surface area contributed by atoms with Crippen molar-refractivity contribution in [2.75, 3.05) is 45.0 Å². The van der Waals surface area contributed by atoms with Gasteiger partial charge in [-0.15, -0.1) is 0 Å². The standard InChI is InChI=1S/C13H22N2O3S/c1-15(2)13-6-4-12(5-7-13)8-9-14-19(16,17)11-10-18-3/h4-7,14H,8-11H2,1-3H3. The molecular weight excluding hydrogens is 264 g/mol. The quantitative estimate of drug-likeness (QED) is 0.770. The van der Waals surface area contributed by atoms with Crippen LogP contribution in [0, 0.1) is 0 Å². The molecule has 0 bridgehead atoms. The van der Waals surface area contributed by atoms with Crippen molar-refractivity contribution < 1.29 is 13.2 Å². The van der Waals surface area contributed by atoms with Crippen molar-refractivity contribution >= 4 is 15.7 Å². The van der Waals surface area contributed by atoms with Crippen molar-refractivity contribution in [2.45, 2.75) is 6.42 Å². The summed E-state index contributed by atoms with van der Waals surface area (Å²) in [6.45, 7) is 0.625. The van der Waals surface area contributed by atoms with E-state index in [1.807, 2.05) is 43.3 Å². The van der Waals surface area contributed by atoms with Crippen molar-refractivity contribution in [2.24, 2.45) is 0 Å². The molecule has 0 saturated carbocycles. The van der Waals surface area contributed by atoms with Gasteiger partial charge in [0.2, 0.25) is 10.0 Å². The summed E-state index contributed by atoms with van der Waals surface area (Å²) in [5, 5.41) is 0. The lowest BCUT2D eigenvalue weighted by Gasteiger charge is -2.12. The highest BCUT2D eigenvalue weighted by atomic mass is 32.2. The molecule has 1 aromatic carbocycles. The number of anilines is 1. The third-order valence-corrected chi connectivity index (χ3v) is 4.09. The van der Waals surface area contributed by atoms with E-state index in [1.165, 1.54) is 7.11 Å². The monoisotopic (exact) mass is 286 g/mol. The van der Waals surface area contributed by atoms with E-state index in [9.17, 15) is 8.42 Å². The average molecular weight is 286 g/mol. The van der Waals surface area contributed by atoms with Crippen molar-refractivity contribution in [3.8, 4) is 0 Å². The van der Waals surface area contributed by atoms with Gasteiger partial charge in [0.1, 0.15) is 0 Å². The summed E-state index contributed by atoms with van der Waals surface area (Å²) in [6.07, 6.45) is 0.680. The molecule has 0 aliphatic rings. The first-order valence-electron chi connectivity index (χ1n) is 6.17. The molecule has 0 atom stereocenters. The predicted octanol–water partition coefficient (Wildman–Crippen LogP) is 0.861. The van der Waals surface area contributed by atoms with Gasteiger partial charge in [0, 0.05) is 33.4 Å². The Labute approximate surface area is 115 Å². The number of ether oxygens (including phenoxy) is 1. The molecule has 108 valence electrons. The number of benzene rings is 1. The highest BCUT2D eigenvalue weighted by Crippen LogP contribution is 2.12. The van der Waals surface area contributed by atoms with Crippen molar-refractivity contribution in [1.29, 1.82) is 0 Å². The maximum absolute atomic E-state index is 11.5. The zero-order valence-electron chi connectivity index (χ0n) is 11.7. The van der Waals surface area contributed by atoms with Gasteiger partial charge in [-0.3, -0.25) is 0 Å². The molecule has 6 heteroatoms. The molecular formula is C13H22N2O3S. The molecule has 0 heterocycles. The summed E-state index contributed by atoms with van der Waals surface area (Å²) in [5.41, 5.74) is 2.24. The van der Waals surface area contributed by atoms with Gasteiger partial charge in [0.15, 0.2) is 0 Å². The predicted molar refractivity (Wildman–Crippen MR) is 78.1 cm³/mol. The van der Waals surface area contributed by atoms with Gasteiger partial charge in [-0.2, -0.15) is 0 Å². The molecule has 1 rings (SSSR count). The third kappa shape index (κ3) is 6.04. The maximum atomic E-state index is 11.5. The summed E-state index contributed by atoms with van der Waals surface area (Å²) in [6, 6.07) is 8.07. The number of hydrogen-bond donors (Lipinski definition) is 1. The summed E-state index contributed by atoms with van der Waals surface area (Å²) in [4.78, 5) is 2.03. The van der Waals surface area contributed by atoms with E-state index >= 15 is 0 Å². The summed E-state index contributed by atoms with van der Waals surface area (Å²) < 4.78 is 30.4.